The van der Waals surface area contributed by atoms with Crippen molar-refractivity contribution in [2.45, 2.75) is 76.9 Å². The van der Waals surface area contributed by atoms with Crippen molar-refractivity contribution in [1.82, 2.24) is 10.2 Å². The molecule has 0 aliphatic heterocycles. The van der Waals surface area contributed by atoms with Crippen molar-refractivity contribution < 1.29 is 14.3 Å². The smallest absolute Gasteiger partial charge is 0.261 e. The normalized spacial score (nSPS) is 14.5. The van der Waals surface area contributed by atoms with Gasteiger partial charge in [-0.15, -0.1) is 0 Å². The van der Waals surface area contributed by atoms with Gasteiger partial charge in [0.15, 0.2) is 6.61 Å². The van der Waals surface area contributed by atoms with Crippen molar-refractivity contribution in [1.29, 1.82) is 0 Å². The molecule has 4 rings (SSSR count). The number of nitrogens with zero attached hydrogens (tertiary/aromatic N) is 1. The second kappa shape index (κ2) is 13.8. The highest BCUT2D eigenvalue weighted by Crippen LogP contribution is 2.31. The van der Waals surface area contributed by atoms with Gasteiger partial charge in [-0.3, -0.25) is 9.59 Å². The quantitative estimate of drug-likeness (QED) is 0.242. The number of rotatable bonds is 10. The molecule has 0 heterocycles. The zero-order valence-corrected chi connectivity index (χ0v) is 26.6. The fraction of sp³-hybridized carbons (Fsp3) is 0.394. The molecule has 1 atom stereocenters. The van der Waals surface area contributed by atoms with E-state index >= 15 is 0 Å². The van der Waals surface area contributed by atoms with Gasteiger partial charge in [0, 0.05) is 23.5 Å². The molecule has 2 amide bonds. The summed E-state index contributed by atoms with van der Waals surface area (Å²) in [6, 6.07) is 23.2. The standard InChI is InChI=1S/C33H38Br2N2O3/c1-33(2,3)25-16-17-30(28(35)20-25)40-22-31(38)37(21-24-12-9-13-26(34)18-24)29(19-23-10-5-4-6-11-23)32(39)36-27-14-7-8-15-27/h4-6,9-13,16-18,20,27,29H,7-8,14-15,19,21-22H2,1-3H3,(H,36,39). The van der Waals surface area contributed by atoms with Crippen LogP contribution in [0.15, 0.2) is 81.7 Å². The molecule has 7 heteroatoms. The number of amides is 2. The molecule has 1 fully saturated rings. The van der Waals surface area contributed by atoms with Crippen LogP contribution in [0.25, 0.3) is 0 Å². The van der Waals surface area contributed by atoms with E-state index in [9.17, 15) is 9.59 Å². The second-order valence-corrected chi connectivity index (χ2v) is 13.3. The minimum Gasteiger partial charge on any atom is -0.483 e. The third-order valence-electron chi connectivity index (χ3n) is 7.36. The first-order valence-corrected chi connectivity index (χ1v) is 15.5. The molecule has 0 radical (unpaired) electrons. The number of benzene rings is 3. The summed E-state index contributed by atoms with van der Waals surface area (Å²) in [4.78, 5) is 29.4. The summed E-state index contributed by atoms with van der Waals surface area (Å²) in [5.74, 6) is 0.239. The number of carbonyl (C=O) groups is 2. The van der Waals surface area contributed by atoms with E-state index in [0.717, 1.165) is 45.8 Å². The van der Waals surface area contributed by atoms with Crippen LogP contribution >= 0.6 is 31.9 Å². The average Bonchev–Trinajstić information content (AvgIpc) is 3.43. The van der Waals surface area contributed by atoms with E-state index < -0.39 is 6.04 Å². The molecule has 1 aliphatic rings. The van der Waals surface area contributed by atoms with E-state index in [4.69, 9.17) is 4.74 Å². The van der Waals surface area contributed by atoms with Crippen molar-refractivity contribution in [2.75, 3.05) is 6.61 Å². The summed E-state index contributed by atoms with van der Waals surface area (Å²) < 4.78 is 7.76. The maximum Gasteiger partial charge on any atom is 0.261 e. The van der Waals surface area contributed by atoms with Crippen LogP contribution in [-0.2, 0) is 28.0 Å². The zero-order chi connectivity index (χ0) is 28.7. The Kier molecular flexibility index (Phi) is 10.5. The van der Waals surface area contributed by atoms with Crippen LogP contribution in [0.2, 0.25) is 0 Å². The van der Waals surface area contributed by atoms with Crippen LogP contribution in [0.3, 0.4) is 0 Å². The number of carbonyl (C=O) groups excluding carboxylic acids is 2. The molecule has 0 spiro atoms. The Hall–Kier alpha value is -2.64. The van der Waals surface area contributed by atoms with Crippen LogP contribution < -0.4 is 10.1 Å². The van der Waals surface area contributed by atoms with Crippen LogP contribution in [0, 0.1) is 0 Å². The molecule has 3 aromatic rings. The number of hydrogen-bond acceptors (Lipinski definition) is 3. The van der Waals surface area contributed by atoms with Crippen molar-refractivity contribution >= 4 is 43.7 Å². The van der Waals surface area contributed by atoms with Crippen molar-refractivity contribution in [2.24, 2.45) is 0 Å². The SMILES string of the molecule is CC(C)(C)c1ccc(OCC(=O)N(Cc2cccc(Br)c2)C(Cc2ccccc2)C(=O)NC2CCCC2)c(Br)c1. The second-order valence-electron chi connectivity index (χ2n) is 11.5. The van der Waals surface area contributed by atoms with Gasteiger partial charge in [0.1, 0.15) is 11.8 Å². The topological polar surface area (TPSA) is 58.6 Å². The van der Waals surface area contributed by atoms with Crippen LogP contribution in [0.5, 0.6) is 5.75 Å². The maximum absolute atomic E-state index is 13.9. The molecule has 212 valence electrons. The highest BCUT2D eigenvalue weighted by atomic mass is 79.9. The Morgan fingerprint density at radius 1 is 0.950 bits per heavy atom. The van der Waals surface area contributed by atoms with Gasteiger partial charge in [-0.2, -0.15) is 0 Å². The molecule has 40 heavy (non-hydrogen) atoms. The highest BCUT2D eigenvalue weighted by Gasteiger charge is 2.32. The number of ether oxygens (including phenoxy) is 1. The Morgan fingerprint density at radius 3 is 2.30 bits per heavy atom. The van der Waals surface area contributed by atoms with Gasteiger partial charge in [-0.05, 0) is 75.1 Å². The molecule has 0 bridgehead atoms. The predicted octanol–water partition coefficient (Wildman–Crippen LogP) is 7.59. The molecule has 1 aliphatic carbocycles. The molecule has 1 saturated carbocycles. The summed E-state index contributed by atoms with van der Waals surface area (Å²) >= 11 is 7.16. The molecular weight excluding hydrogens is 632 g/mol. The van der Waals surface area contributed by atoms with Gasteiger partial charge >= 0.3 is 0 Å². The average molecular weight is 670 g/mol. The van der Waals surface area contributed by atoms with Gasteiger partial charge in [-0.25, -0.2) is 0 Å². The van der Waals surface area contributed by atoms with Crippen molar-refractivity contribution in [3.05, 3.63) is 98.4 Å². The Bertz CT molecular complexity index is 1300. The van der Waals surface area contributed by atoms with Crippen LogP contribution in [0.4, 0.5) is 0 Å². The van der Waals surface area contributed by atoms with E-state index in [2.05, 4.69) is 57.9 Å². The summed E-state index contributed by atoms with van der Waals surface area (Å²) in [6.45, 7) is 6.58. The fourth-order valence-electron chi connectivity index (χ4n) is 5.06. The monoisotopic (exact) mass is 668 g/mol. The molecule has 1 unspecified atom stereocenters. The van der Waals surface area contributed by atoms with Gasteiger partial charge in [0.25, 0.3) is 5.91 Å². The molecule has 3 aromatic carbocycles. The number of hydrogen-bond donors (Lipinski definition) is 1. The highest BCUT2D eigenvalue weighted by molar-refractivity contribution is 9.10. The zero-order valence-electron chi connectivity index (χ0n) is 23.5. The summed E-state index contributed by atoms with van der Waals surface area (Å²) in [5, 5.41) is 3.24. The first-order chi connectivity index (χ1) is 19.1. The molecule has 0 saturated heterocycles. The number of halogens is 2. The first-order valence-electron chi connectivity index (χ1n) is 13.9. The lowest BCUT2D eigenvalue weighted by molar-refractivity contribution is -0.143. The van der Waals surface area contributed by atoms with E-state index in [0.29, 0.717) is 18.7 Å². The van der Waals surface area contributed by atoms with Crippen molar-refractivity contribution in [3.8, 4) is 5.75 Å². The molecule has 1 N–H and O–H groups in total. The molecule has 5 nitrogen and oxygen atoms in total. The van der Waals surface area contributed by atoms with Crippen LogP contribution in [-0.4, -0.2) is 35.4 Å². The Morgan fingerprint density at radius 2 is 1.65 bits per heavy atom. The molecular formula is C33H38Br2N2O3. The Labute approximate surface area is 254 Å². The lowest BCUT2D eigenvalue weighted by Crippen LogP contribution is -2.53. The van der Waals surface area contributed by atoms with Crippen molar-refractivity contribution in [3.63, 3.8) is 0 Å². The van der Waals surface area contributed by atoms with Gasteiger partial charge in [0.2, 0.25) is 5.91 Å². The third-order valence-corrected chi connectivity index (χ3v) is 8.48. The van der Waals surface area contributed by atoms with E-state index in [-0.39, 0.29) is 29.9 Å². The minimum atomic E-state index is -0.676. The predicted molar refractivity (Wildman–Crippen MR) is 167 cm³/mol. The van der Waals surface area contributed by atoms with Crippen LogP contribution in [0.1, 0.15) is 63.1 Å². The van der Waals surface area contributed by atoms with E-state index in [1.54, 1.807) is 4.90 Å². The lowest BCUT2D eigenvalue weighted by atomic mass is 9.87. The van der Waals surface area contributed by atoms with Gasteiger partial charge in [0.05, 0.1) is 4.47 Å². The Balaban J connectivity index is 1.61. The van der Waals surface area contributed by atoms with Gasteiger partial charge in [-0.1, -0.05) is 98.1 Å². The van der Waals surface area contributed by atoms with Gasteiger partial charge < -0.3 is 15.0 Å². The minimum absolute atomic E-state index is 0.00500. The first kappa shape index (κ1) is 30.3. The van der Waals surface area contributed by atoms with E-state index in [1.165, 1.54) is 5.56 Å². The third kappa shape index (κ3) is 8.43. The lowest BCUT2D eigenvalue weighted by Gasteiger charge is -2.32. The molecule has 0 aromatic heterocycles. The largest absolute Gasteiger partial charge is 0.483 e. The maximum atomic E-state index is 13.9. The number of nitrogens with one attached hydrogen (secondary N) is 1. The summed E-state index contributed by atoms with van der Waals surface area (Å²) in [6.07, 6.45) is 4.61. The summed E-state index contributed by atoms with van der Waals surface area (Å²) in [5.41, 5.74) is 3.10. The van der Waals surface area contributed by atoms with E-state index in [1.807, 2.05) is 72.8 Å². The fourth-order valence-corrected chi connectivity index (χ4v) is 6.00. The summed E-state index contributed by atoms with van der Waals surface area (Å²) in [7, 11) is 0.